The van der Waals surface area contributed by atoms with Crippen LogP contribution in [-0.4, -0.2) is 91.3 Å². The van der Waals surface area contributed by atoms with Crippen LogP contribution in [0.15, 0.2) is 34.3 Å². The van der Waals surface area contributed by atoms with E-state index < -0.39 is 0 Å². The van der Waals surface area contributed by atoms with Gasteiger partial charge in [-0.05, 0) is 37.3 Å². The molecule has 0 bridgehead atoms. The Balaban J connectivity index is 0.913. The summed E-state index contributed by atoms with van der Waals surface area (Å²) in [6, 6.07) is 8.12. The van der Waals surface area contributed by atoms with E-state index in [-0.39, 0.29) is 22.8 Å². The molecule has 1 aromatic rings. The van der Waals surface area contributed by atoms with Crippen LogP contribution in [0, 0.1) is 16.7 Å². The van der Waals surface area contributed by atoms with Crippen molar-refractivity contribution in [2.24, 2.45) is 32.5 Å². The largest absolute Gasteiger partial charge is 0.465 e. The molecule has 9 heteroatoms. The lowest BCUT2D eigenvalue weighted by Crippen LogP contribution is -2.75. The molecule has 2 N–H and O–H groups in total. The summed E-state index contributed by atoms with van der Waals surface area (Å²) in [6.07, 6.45) is 6.03. The third kappa shape index (κ3) is 4.20. The number of carbonyl (C=O) groups excluding carboxylic acids is 2. The Hall–Kier alpha value is -2.94. The van der Waals surface area contributed by atoms with Crippen LogP contribution in [0.5, 0.6) is 0 Å². The fourth-order valence-corrected chi connectivity index (χ4v) is 6.40. The molecule has 2 amide bonds. The number of benzene rings is 1. The average molecular weight is 479 g/mol. The number of nitrogens with zero attached hydrogens (tertiary/aromatic N) is 5. The Morgan fingerprint density at radius 1 is 1.06 bits per heavy atom. The van der Waals surface area contributed by atoms with Gasteiger partial charge in [-0.1, -0.05) is 18.2 Å². The Morgan fingerprint density at radius 2 is 1.71 bits per heavy atom. The van der Waals surface area contributed by atoms with Gasteiger partial charge in [0.25, 0.3) is 0 Å². The molecule has 2 aliphatic carbocycles. The molecule has 186 valence electrons. The fraction of sp³-hybridized carbons (Fsp3) is 0.615. The predicted molar refractivity (Wildman–Crippen MR) is 132 cm³/mol. The summed E-state index contributed by atoms with van der Waals surface area (Å²) in [5.74, 6) is 0.906. The molecule has 0 atom stereocenters. The quantitative estimate of drug-likeness (QED) is 0.383. The number of hydrogen-bond donors (Lipinski definition) is 1. The van der Waals surface area contributed by atoms with E-state index in [4.69, 9.17) is 10.5 Å². The Morgan fingerprint density at radius 3 is 2.37 bits per heavy atom. The minimum atomic E-state index is -0.292. The second-order valence-electron chi connectivity index (χ2n) is 11.4. The smallest absolute Gasteiger partial charge is 0.338 e. The van der Waals surface area contributed by atoms with Gasteiger partial charge in [-0.25, -0.2) is 14.6 Å². The SMILES string of the molecule is COC(=O)c1ccccc1CN1CC2(C1)CN(C(=O)N1CC3(CC(N=CN=C(N)C4CC4)C3)C1)C2. The van der Waals surface area contributed by atoms with Crippen molar-refractivity contribution in [3.8, 4) is 0 Å². The minimum Gasteiger partial charge on any atom is -0.465 e. The summed E-state index contributed by atoms with van der Waals surface area (Å²) >= 11 is 0. The van der Waals surface area contributed by atoms with E-state index >= 15 is 0 Å². The lowest BCUT2D eigenvalue weighted by molar-refractivity contribution is -0.116. The summed E-state index contributed by atoms with van der Waals surface area (Å²) in [4.78, 5) is 40.1. The molecule has 3 aliphatic heterocycles. The van der Waals surface area contributed by atoms with Gasteiger partial charge in [-0.15, -0.1) is 0 Å². The van der Waals surface area contributed by atoms with Crippen molar-refractivity contribution < 1.29 is 14.3 Å². The average Bonchev–Trinajstić information content (AvgIpc) is 3.59. The van der Waals surface area contributed by atoms with Crippen molar-refractivity contribution >= 4 is 24.2 Å². The zero-order chi connectivity index (χ0) is 24.2. The minimum absolute atomic E-state index is 0.185. The molecule has 0 aromatic heterocycles. The standard InChI is InChI=1S/C26H34N6O3/c1-35-23(33)21-5-3-2-4-19(21)10-30-11-26(12-30)15-32(16-26)24(34)31-13-25(14-31)8-20(9-25)28-17-29-22(27)18-6-7-18/h2-5,17-18,20H,6-16H2,1H3,(H2,27,28,29). The van der Waals surface area contributed by atoms with Crippen LogP contribution in [0.4, 0.5) is 4.79 Å². The number of methoxy groups -OCH3 is 1. The number of urea groups is 1. The molecule has 0 unspecified atom stereocenters. The van der Waals surface area contributed by atoms with Crippen molar-refractivity contribution in [1.82, 2.24) is 14.7 Å². The van der Waals surface area contributed by atoms with Crippen LogP contribution in [0.3, 0.4) is 0 Å². The third-order valence-electron chi connectivity index (χ3n) is 8.40. The molecule has 3 saturated heterocycles. The number of likely N-dealkylation sites (tertiary alicyclic amines) is 3. The Bertz CT molecular complexity index is 1070. The first kappa shape index (κ1) is 22.5. The first-order valence-electron chi connectivity index (χ1n) is 12.6. The van der Waals surface area contributed by atoms with Crippen molar-refractivity contribution in [2.45, 2.75) is 38.3 Å². The molecule has 35 heavy (non-hydrogen) atoms. The van der Waals surface area contributed by atoms with E-state index in [2.05, 4.69) is 14.9 Å². The van der Waals surface area contributed by atoms with E-state index in [0.717, 1.165) is 82.9 Å². The summed E-state index contributed by atoms with van der Waals surface area (Å²) in [5.41, 5.74) is 8.02. The van der Waals surface area contributed by atoms with Crippen LogP contribution >= 0.6 is 0 Å². The molecule has 9 nitrogen and oxygen atoms in total. The monoisotopic (exact) mass is 478 g/mol. The molecular formula is C26H34N6O3. The van der Waals surface area contributed by atoms with Crippen molar-refractivity contribution in [1.29, 1.82) is 0 Å². The van der Waals surface area contributed by atoms with E-state index in [9.17, 15) is 9.59 Å². The van der Waals surface area contributed by atoms with Gasteiger partial charge in [-0.3, -0.25) is 9.89 Å². The van der Waals surface area contributed by atoms with Gasteiger partial charge in [0.1, 0.15) is 12.2 Å². The molecule has 2 saturated carbocycles. The Kier molecular flexibility index (Phi) is 5.36. The first-order valence-corrected chi connectivity index (χ1v) is 12.6. The van der Waals surface area contributed by atoms with Gasteiger partial charge in [0.2, 0.25) is 0 Å². The molecule has 6 rings (SSSR count). The van der Waals surface area contributed by atoms with Crippen LogP contribution in [0.25, 0.3) is 0 Å². The highest BCUT2D eigenvalue weighted by Gasteiger charge is 2.58. The molecule has 2 spiro atoms. The predicted octanol–water partition coefficient (Wildman–Crippen LogP) is 1.97. The second kappa shape index (κ2) is 8.33. The van der Waals surface area contributed by atoms with Crippen molar-refractivity contribution in [3.05, 3.63) is 35.4 Å². The zero-order valence-corrected chi connectivity index (χ0v) is 20.4. The molecule has 5 aliphatic rings. The lowest BCUT2D eigenvalue weighted by atomic mass is 9.61. The summed E-state index contributed by atoms with van der Waals surface area (Å²) in [6.45, 7) is 6.03. The van der Waals surface area contributed by atoms with Crippen molar-refractivity contribution in [2.75, 3.05) is 46.4 Å². The number of nitrogens with two attached hydrogens (primary N) is 1. The summed E-state index contributed by atoms with van der Waals surface area (Å²) < 4.78 is 4.91. The molecule has 1 aromatic carbocycles. The number of amidine groups is 1. The molecule has 0 radical (unpaired) electrons. The van der Waals surface area contributed by atoms with Crippen molar-refractivity contribution in [3.63, 3.8) is 0 Å². The van der Waals surface area contributed by atoms with E-state index in [1.165, 1.54) is 7.11 Å². The maximum atomic E-state index is 12.9. The van der Waals surface area contributed by atoms with Crippen LogP contribution < -0.4 is 5.73 Å². The number of ether oxygens (including phenoxy) is 1. The number of aliphatic imine (C=N–C) groups is 2. The number of hydrogen-bond acceptors (Lipinski definition) is 5. The van der Waals surface area contributed by atoms with E-state index in [1.807, 2.05) is 34.1 Å². The van der Waals surface area contributed by atoms with E-state index in [0.29, 0.717) is 17.5 Å². The maximum Gasteiger partial charge on any atom is 0.338 e. The van der Waals surface area contributed by atoms with Crippen LogP contribution in [-0.2, 0) is 11.3 Å². The first-order chi connectivity index (χ1) is 16.9. The molecular weight excluding hydrogens is 444 g/mol. The van der Waals surface area contributed by atoms with Gasteiger partial charge >= 0.3 is 12.0 Å². The van der Waals surface area contributed by atoms with Crippen LogP contribution in [0.2, 0.25) is 0 Å². The summed E-state index contributed by atoms with van der Waals surface area (Å²) in [5, 5.41) is 0. The zero-order valence-electron chi connectivity index (χ0n) is 20.4. The number of carbonyl (C=O) groups is 2. The lowest BCUT2D eigenvalue weighted by Gasteiger charge is -2.63. The topological polar surface area (TPSA) is 104 Å². The number of amides is 2. The Labute approximate surface area is 206 Å². The van der Waals surface area contributed by atoms with E-state index in [1.54, 1.807) is 6.34 Å². The van der Waals surface area contributed by atoms with Gasteiger partial charge in [0.05, 0.1) is 18.7 Å². The molecule has 3 heterocycles. The highest BCUT2D eigenvalue weighted by atomic mass is 16.5. The highest BCUT2D eigenvalue weighted by molar-refractivity contribution is 5.91. The van der Waals surface area contributed by atoms with Gasteiger partial charge in [0, 0.05) is 62.6 Å². The van der Waals surface area contributed by atoms with Gasteiger partial charge in [-0.2, -0.15) is 0 Å². The third-order valence-corrected chi connectivity index (χ3v) is 8.40. The highest BCUT2D eigenvalue weighted by Crippen LogP contribution is 2.50. The van der Waals surface area contributed by atoms with Gasteiger partial charge in [0.15, 0.2) is 0 Å². The fourth-order valence-electron chi connectivity index (χ4n) is 6.40. The summed E-state index contributed by atoms with van der Waals surface area (Å²) in [7, 11) is 1.41. The van der Waals surface area contributed by atoms with Gasteiger partial charge < -0.3 is 20.3 Å². The number of esters is 1. The normalized spacial score (nSPS) is 25.2. The van der Waals surface area contributed by atoms with Crippen LogP contribution in [0.1, 0.15) is 41.6 Å². The second-order valence-corrected chi connectivity index (χ2v) is 11.4. The number of rotatable bonds is 6. The molecule has 5 fully saturated rings. The maximum absolute atomic E-state index is 12.9.